The average molecular weight is 764 g/mol. The van der Waals surface area contributed by atoms with Crippen molar-refractivity contribution in [2.45, 2.75) is 114 Å². The lowest BCUT2D eigenvalue weighted by atomic mass is 10.0. The predicted octanol–water partition coefficient (Wildman–Crippen LogP) is -3.05. The average Bonchev–Trinajstić information content (AvgIpc) is 3.08. The number of aliphatic carboxylic acids is 2. The van der Waals surface area contributed by atoms with Crippen LogP contribution in [0, 0.1) is 0 Å². The Labute approximate surface area is 312 Å². The van der Waals surface area contributed by atoms with E-state index in [9.17, 15) is 48.3 Å². The molecule has 20 nitrogen and oxygen atoms in total. The van der Waals surface area contributed by atoms with Crippen LogP contribution in [0.15, 0.2) is 30.3 Å². The van der Waals surface area contributed by atoms with Crippen molar-refractivity contribution in [2.75, 3.05) is 6.54 Å². The van der Waals surface area contributed by atoms with Gasteiger partial charge < -0.3 is 59.3 Å². The van der Waals surface area contributed by atoms with E-state index in [-0.39, 0.29) is 32.2 Å². The van der Waals surface area contributed by atoms with Crippen LogP contribution >= 0.6 is 0 Å². The number of carbonyl (C=O) groups is 9. The number of hydrogen-bond acceptors (Lipinski definition) is 11. The van der Waals surface area contributed by atoms with Gasteiger partial charge in [-0.05, 0) is 58.6 Å². The Morgan fingerprint density at radius 3 is 1.81 bits per heavy atom. The van der Waals surface area contributed by atoms with Crippen molar-refractivity contribution in [2.24, 2.45) is 22.9 Å². The summed E-state index contributed by atoms with van der Waals surface area (Å²) in [5.41, 5.74) is 22.4. The first-order chi connectivity index (χ1) is 25.3. The van der Waals surface area contributed by atoms with E-state index in [2.05, 4.69) is 21.3 Å². The van der Waals surface area contributed by atoms with Gasteiger partial charge in [-0.2, -0.15) is 0 Å². The van der Waals surface area contributed by atoms with Gasteiger partial charge in [0.05, 0.1) is 18.9 Å². The van der Waals surface area contributed by atoms with Crippen LogP contribution in [0.4, 0.5) is 0 Å². The van der Waals surface area contributed by atoms with Gasteiger partial charge in [0.25, 0.3) is 0 Å². The minimum absolute atomic E-state index is 0.0474. The van der Waals surface area contributed by atoms with Gasteiger partial charge in [0, 0.05) is 18.9 Å². The minimum Gasteiger partial charge on any atom is -0.481 e. The standard InChI is InChI=1S/C34H53N9O11/c1-18(2)43(33(52)22(12-13-26(37)44)40-30(49)21(36)16-28(46)47)25(11-7-8-14-35)32(51)39-19(3)29(48)41-23(15-20-9-5-4-6-10-20)31(50)42-24(34(53)54)17-27(38)45/h4-6,9-10,18-19,21-25H,7-8,11-17,35-36H2,1-3H3,(H2,37,44)(H2,38,45)(H,39,51)(H,40,49)(H,41,48)(H,42,50)(H,46,47)(H,53,54)/t19-,21-,22-,23-,24-,25-/m0/s1. The summed E-state index contributed by atoms with van der Waals surface area (Å²) < 4.78 is 0. The number of hydrogen-bond donors (Lipinski definition) is 10. The highest BCUT2D eigenvalue weighted by Gasteiger charge is 2.38. The van der Waals surface area contributed by atoms with E-state index in [1.54, 1.807) is 44.2 Å². The number of primary amides is 2. The summed E-state index contributed by atoms with van der Waals surface area (Å²) in [5.74, 6) is -9.07. The van der Waals surface area contributed by atoms with Crippen LogP contribution in [0.1, 0.15) is 71.3 Å². The van der Waals surface area contributed by atoms with E-state index < -0.39 is 108 Å². The van der Waals surface area contributed by atoms with Crippen molar-refractivity contribution in [1.29, 1.82) is 0 Å². The van der Waals surface area contributed by atoms with Crippen LogP contribution < -0.4 is 44.2 Å². The molecule has 7 amide bonds. The minimum atomic E-state index is -1.68. The summed E-state index contributed by atoms with van der Waals surface area (Å²) >= 11 is 0. The van der Waals surface area contributed by atoms with Crippen LogP contribution in [-0.4, -0.2) is 117 Å². The number of nitrogens with two attached hydrogens (primary N) is 4. The maximum Gasteiger partial charge on any atom is 0.326 e. The fourth-order valence-corrected chi connectivity index (χ4v) is 5.33. The number of carboxylic acid groups (broad SMARTS) is 2. The number of benzene rings is 1. The third-order valence-corrected chi connectivity index (χ3v) is 8.09. The highest BCUT2D eigenvalue weighted by Crippen LogP contribution is 2.18. The zero-order valence-electron chi connectivity index (χ0n) is 30.6. The van der Waals surface area contributed by atoms with Crippen molar-refractivity contribution in [3.63, 3.8) is 0 Å². The third-order valence-electron chi connectivity index (χ3n) is 8.09. The topological polar surface area (TPSA) is 350 Å². The molecule has 0 saturated heterocycles. The van der Waals surface area contributed by atoms with Gasteiger partial charge in [0.2, 0.25) is 41.4 Å². The van der Waals surface area contributed by atoms with Crippen LogP contribution in [0.5, 0.6) is 0 Å². The second kappa shape index (κ2) is 23.1. The molecule has 0 aliphatic rings. The molecule has 1 rings (SSSR count). The first kappa shape index (κ1) is 46.4. The molecule has 1 aromatic carbocycles. The third kappa shape index (κ3) is 16.4. The lowest BCUT2D eigenvalue weighted by molar-refractivity contribution is -0.147. The Morgan fingerprint density at radius 2 is 1.30 bits per heavy atom. The number of amides is 7. The molecule has 0 bridgehead atoms. The van der Waals surface area contributed by atoms with Gasteiger partial charge in [-0.15, -0.1) is 0 Å². The molecule has 0 aliphatic carbocycles. The largest absolute Gasteiger partial charge is 0.481 e. The fourth-order valence-electron chi connectivity index (χ4n) is 5.33. The number of carboxylic acids is 2. The zero-order valence-corrected chi connectivity index (χ0v) is 30.6. The van der Waals surface area contributed by atoms with Gasteiger partial charge in [-0.1, -0.05) is 30.3 Å². The number of nitrogens with zero attached hydrogens (tertiary/aromatic N) is 1. The van der Waals surface area contributed by atoms with Crippen LogP contribution in [0.2, 0.25) is 0 Å². The van der Waals surface area contributed by atoms with E-state index in [1.807, 2.05) is 0 Å². The van der Waals surface area contributed by atoms with Gasteiger partial charge in [-0.25, -0.2) is 4.79 Å². The first-order valence-corrected chi connectivity index (χ1v) is 17.3. The maximum absolute atomic E-state index is 14.1. The molecule has 0 heterocycles. The molecule has 0 radical (unpaired) electrons. The quantitative estimate of drug-likeness (QED) is 0.0443. The highest BCUT2D eigenvalue weighted by atomic mass is 16.4. The summed E-state index contributed by atoms with van der Waals surface area (Å²) in [5, 5.41) is 28.2. The van der Waals surface area contributed by atoms with Crippen molar-refractivity contribution < 1.29 is 53.4 Å². The first-order valence-electron chi connectivity index (χ1n) is 17.3. The molecule has 0 saturated carbocycles. The molecule has 1 aromatic rings. The van der Waals surface area contributed by atoms with Crippen molar-refractivity contribution in [3.05, 3.63) is 35.9 Å². The van der Waals surface area contributed by atoms with E-state index in [0.29, 0.717) is 18.4 Å². The van der Waals surface area contributed by atoms with E-state index >= 15 is 0 Å². The summed E-state index contributed by atoms with van der Waals surface area (Å²) in [6.07, 6.45) is -1.37. The van der Waals surface area contributed by atoms with Crippen molar-refractivity contribution in [3.8, 4) is 0 Å². The molecule has 0 aliphatic heterocycles. The summed E-state index contributed by atoms with van der Waals surface area (Å²) in [6.45, 7) is 4.76. The Morgan fingerprint density at radius 1 is 0.704 bits per heavy atom. The van der Waals surface area contributed by atoms with Gasteiger partial charge in [0.1, 0.15) is 30.2 Å². The number of rotatable bonds is 25. The monoisotopic (exact) mass is 763 g/mol. The van der Waals surface area contributed by atoms with E-state index in [4.69, 9.17) is 28.0 Å². The Balaban J connectivity index is 3.40. The second-order valence-electron chi connectivity index (χ2n) is 13.0. The summed E-state index contributed by atoms with van der Waals surface area (Å²) in [7, 11) is 0. The van der Waals surface area contributed by atoms with Crippen LogP contribution in [-0.2, 0) is 49.6 Å². The van der Waals surface area contributed by atoms with E-state index in [1.165, 1.54) is 11.8 Å². The fraction of sp³-hybridized carbons (Fsp3) is 0.559. The normalized spacial score (nSPS) is 14.3. The highest BCUT2D eigenvalue weighted by molar-refractivity contribution is 5.97. The maximum atomic E-state index is 14.1. The number of unbranched alkanes of at least 4 members (excludes halogenated alkanes) is 1. The lowest BCUT2D eigenvalue weighted by Crippen LogP contribution is -2.61. The number of carbonyl (C=O) groups excluding carboxylic acids is 7. The summed E-state index contributed by atoms with van der Waals surface area (Å²) in [4.78, 5) is 115. The van der Waals surface area contributed by atoms with Crippen molar-refractivity contribution >= 4 is 53.3 Å². The molecule has 0 aromatic heterocycles. The molecule has 14 N–H and O–H groups in total. The SMILES string of the molecule is CC(C)N(C(=O)[C@H](CCC(N)=O)NC(=O)[C@@H](N)CC(=O)O)[C@@H](CCCCN)C(=O)N[C@@H](C)C(=O)N[C@@H](Cc1ccccc1)C(=O)N[C@@H](CC(N)=O)C(=O)O. The Kier molecular flexibility index (Phi) is 19.9. The molecule has 300 valence electrons. The lowest BCUT2D eigenvalue weighted by Gasteiger charge is -2.37. The van der Waals surface area contributed by atoms with Gasteiger partial charge in [0.15, 0.2) is 0 Å². The number of nitrogens with one attached hydrogen (secondary N) is 4. The molecular formula is C34H53N9O11. The Hall–Kier alpha value is -5.63. The predicted molar refractivity (Wildman–Crippen MR) is 192 cm³/mol. The molecular weight excluding hydrogens is 710 g/mol. The molecule has 6 atom stereocenters. The van der Waals surface area contributed by atoms with Crippen molar-refractivity contribution in [1.82, 2.24) is 26.2 Å². The molecule has 20 heteroatoms. The summed E-state index contributed by atoms with van der Waals surface area (Å²) in [6, 6.07) is -0.893. The smallest absolute Gasteiger partial charge is 0.326 e. The van der Waals surface area contributed by atoms with E-state index in [0.717, 1.165) is 0 Å². The molecule has 54 heavy (non-hydrogen) atoms. The van der Waals surface area contributed by atoms with Gasteiger partial charge >= 0.3 is 11.9 Å². The van der Waals surface area contributed by atoms with Crippen LogP contribution in [0.25, 0.3) is 0 Å². The second-order valence-corrected chi connectivity index (χ2v) is 13.0. The molecule has 0 fully saturated rings. The molecule has 0 unspecified atom stereocenters. The zero-order chi connectivity index (χ0) is 41.1. The van der Waals surface area contributed by atoms with Crippen LogP contribution in [0.3, 0.4) is 0 Å². The Bertz CT molecular complexity index is 1490. The van der Waals surface area contributed by atoms with Gasteiger partial charge in [-0.3, -0.25) is 38.4 Å². The molecule has 0 spiro atoms.